The molecule has 0 unspecified atom stereocenters. The van der Waals surface area contributed by atoms with Gasteiger partial charge in [0.15, 0.2) is 11.4 Å². The SMILES string of the molecule is CCc1nc(Nc2cc(OC)ccc2OC)c2oc3ccccc3c2n1.Cl. The lowest BCUT2D eigenvalue weighted by Gasteiger charge is -2.12. The van der Waals surface area contributed by atoms with Gasteiger partial charge >= 0.3 is 0 Å². The number of furan rings is 1. The molecular formula is C20H20ClN3O3. The van der Waals surface area contributed by atoms with Gasteiger partial charge in [0.2, 0.25) is 0 Å². The van der Waals surface area contributed by atoms with Gasteiger partial charge < -0.3 is 19.2 Å². The number of ether oxygens (including phenoxy) is 2. The fourth-order valence-electron chi connectivity index (χ4n) is 2.92. The summed E-state index contributed by atoms with van der Waals surface area (Å²) in [6.45, 7) is 2.03. The Morgan fingerprint density at radius 3 is 2.59 bits per heavy atom. The topological polar surface area (TPSA) is 69.4 Å². The van der Waals surface area contributed by atoms with Crippen molar-refractivity contribution in [2.75, 3.05) is 19.5 Å². The number of anilines is 2. The van der Waals surface area contributed by atoms with Crippen LogP contribution in [0.4, 0.5) is 11.5 Å². The summed E-state index contributed by atoms with van der Waals surface area (Å²) in [5.74, 6) is 2.76. The second-order valence-corrected chi connectivity index (χ2v) is 5.81. The third-order valence-corrected chi connectivity index (χ3v) is 4.24. The number of methoxy groups -OCH3 is 2. The number of fused-ring (bicyclic) bond motifs is 3. The van der Waals surface area contributed by atoms with E-state index in [9.17, 15) is 0 Å². The summed E-state index contributed by atoms with van der Waals surface area (Å²) < 4.78 is 16.8. The minimum absolute atomic E-state index is 0. The number of rotatable bonds is 5. The maximum absolute atomic E-state index is 6.03. The summed E-state index contributed by atoms with van der Waals surface area (Å²) >= 11 is 0. The molecule has 1 N–H and O–H groups in total. The fourth-order valence-corrected chi connectivity index (χ4v) is 2.92. The number of nitrogens with zero attached hydrogens (tertiary/aromatic N) is 2. The largest absolute Gasteiger partial charge is 0.497 e. The van der Waals surface area contributed by atoms with Gasteiger partial charge in [-0.2, -0.15) is 0 Å². The highest BCUT2D eigenvalue weighted by molar-refractivity contribution is 6.06. The molecule has 2 heterocycles. The van der Waals surface area contributed by atoms with Crippen molar-refractivity contribution in [1.82, 2.24) is 9.97 Å². The van der Waals surface area contributed by atoms with Crippen molar-refractivity contribution in [3.05, 3.63) is 48.3 Å². The van der Waals surface area contributed by atoms with Gasteiger partial charge in [-0.25, -0.2) is 9.97 Å². The van der Waals surface area contributed by atoms with E-state index in [1.165, 1.54) is 0 Å². The van der Waals surface area contributed by atoms with Crippen LogP contribution < -0.4 is 14.8 Å². The second-order valence-electron chi connectivity index (χ2n) is 5.81. The van der Waals surface area contributed by atoms with Crippen LogP contribution in [-0.4, -0.2) is 24.2 Å². The van der Waals surface area contributed by atoms with Gasteiger partial charge in [-0.05, 0) is 24.3 Å². The zero-order chi connectivity index (χ0) is 18.1. The molecule has 4 rings (SSSR count). The molecule has 140 valence electrons. The summed E-state index contributed by atoms with van der Waals surface area (Å²) in [6.07, 6.45) is 0.722. The van der Waals surface area contributed by atoms with Gasteiger partial charge in [-0.3, -0.25) is 0 Å². The Morgan fingerprint density at radius 2 is 1.85 bits per heavy atom. The number of halogens is 1. The normalized spacial score (nSPS) is 10.6. The van der Waals surface area contributed by atoms with Crippen LogP contribution in [0.2, 0.25) is 0 Å². The summed E-state index contributed by atoms with van der Waals surface area (Å²) in [4.78, 5) is 9.29. The number of benzene rings is 2. The Balaban J connectivity index is 0.00000210. The van der Waals surface area contributed by atoms with Crippen LogP contribution in [0.5, 0.6) is 11.5 Å². The lowest BCUT2D eigenvalue weighted by atomic mass is 10.2. The van der Waals surface area contributed by atoms with Crippen molar-refractivity contribution in [3.63, 3.8) is 0 Å². The Kier molecular flexibility index (Phi) is 5.37. The molecule has 0 amide bonds. The van der Waals surface area contributed by atoms with Gasteiger partial charge in [-0.15, -0.1) is 12.4 Å². The Bertz CT molecular complexity index is 1090. The molecule has 0 spiro atoms. The van der Waals surface area contributed by atoms with E-state index in [-0.39, 0.29) is 12.4 Å². The highest BCUT2D eigenvalue weighted by Gasteiger charge is 2.17. The summed E-state index contributed by atoms with van der Waals surface area (Å²) in [6, 6.07) is 13.4. The van der Waals surface area contributed by atoms with Gasteiger partial charge in [0.05, 0.1) is 19.9 Å². The number of hydrogen-bond donors (Lipinski definition) is 1. The van der Waals surface area contributed by atoms with E-state index >= 15 is 0 Å². The quantitative estimate of drug-likeness (QED) is 0.514. The molecule has 0 saturated carbocycles. The van der Waals surface area contributed by atoms with Crippen LogP contribution in [0.25, 0.3) is 22.1 Å². The fraction of sp³-hybridized carbons (Fsp3) is 0.200. The van der Waals surface area contributed by atoms with Gasteiger partial charge in [0.1, 0.15) is 28.4 Å². The van der Waals surface area contributed by atoms with E-state index in [4.69, 9.17) is 13.9 Å². The third kappa shape index (κ3) is 3.36. The zero-order valence-corrected chi connectivity index (χ0v) is 16.1. The minimum atomic E-state index is 0. The minimum Gasteiger partial charge on any atom is -0.497 e. The first kappa shape index (κ1) is 18.8. The standard InChI is InChI=1S/C20H19N3O3.ClH/c1-4-17-22-18-13-7-5-6-8-15(13)26-19(18)20(23-17)21-14-11-12(24-2)9-10-16(14)25-3;/h5-11H,4H2,1-3H3,(H,21,22,23);1H. The average molecular weight is 386 g/mol. The predicted molar refractivity (Wildman–Crippen MR) is 109 cm³/mol. The van der Waals surface area contributed by atoms with Crippen LogP contribution in [0.1, 0.15) is 12.7 Å². The van der Waals surface area contributed by atoms with Crippen molar-refractivity contribution < 1.29 is 13.9 Å². The smallest absolute Gasteiger partial charge is 0.196 e. The number of hydrogen-bond acceptors (Lipinski definition) is 6. The van der Waals surface area contributed by atoms with Crippen molar-refractivity contribution in [2.45, 2.75) is 13.3 Å². The lowest BCUT2D eigenvalue weighted by molar-refractivity contribution is 0.405. The van der Waals surface area contributed by atoms with E-state index in [2.05, 4.69) is 15.3 Å². The molecule has 0 saturated heterocycles. The van der Waals surface area contributed by atoms with Gasteiger partial charge in [0.25, 0.3) is 0 Å². The van der Waals surface area contributed by atoms with E-state index in [1.54, 1.807) is 14.2 Å². The number of nitrogens with one attached hydrogen (secondary N) is 1. The summed E-state index contributed by atoms with van der Waals surface area (Å²) in [5, 5.41) is 4.30. The zero-order valence-electron chi connectivity index (χ0n) is 15.3. The second kappa shape index (κ2) is 7.72. The highest BCUT2D eigenvalue weighted by Crippen LogP contribution is 2.36. The molecule has 6 nitrogen and oxygen atoms in total. The van der Waals surface area contributed by atoms with Crippen molar-refractivity contribution in [2.24, 2.45) is 0 Å². The highest BCUT2D eigenvalue weighted by atomic mass is 35.5. The molecule has 0 fully saturated rings. The molecule has 0 atom stereocenters. The maximum atomic E-state index is 6.03. The van der Waals surface area contributed by atoms with Crippen LogP contribution in [-0.2, 0) is 6.42 Å². The third-order valence-electron chi connectivity index (χ3n) is 4.24. The van der Waals surface area contributed by atoms with Crippen LogP contribution >= 0.6 is 12.4 Å². The van der Waals surface area contributed by atoms with E-state index in [1.807, 2.05) is 49.4 Å². The predicted octanol–water partition coefficient (Wildman–Crippen LogP) is 5.12. The first-order valence-corrected chi connectivity index (χ1v) is 8.40. The summed E-state index contributed by atoms with van der Waals surface area (Å²) in [5.41, 5.74) is 2.95. The first-order valence-electron chi connectivity index (χ1n) is 8.40. The molecule has 2 aromatic carbocycles. The van der Waals surface area contributed by atoms with Crippen molar-refractivity contribution >= 4 is 46.0 Å². The lowest BCUT2D eigenvalue weighted by Crippen LogP contribution is -2.01. The monoisotopic (exact) mass is 385 g/mol. The number of aromatic nitrogens is 2. The summed E-state index contributed by atoms with van der Waals surface area (Å²) in [7, 11) is 3.25. The van der Waals surface area contributed by atoms with Crippen molar-refractivity contribution in [3.8, 4) is 11.5 Å². The van der Waals surface area contributed by atoms with Gasteiger partial charge in [-0.1, -0.05) is 19.1 Å². The van der Waals surface area contributed by atoms with E-state index in [0.717, 1.165) is 40.2 Å². The maximum Gasteiger partial charge on any atom is 0.196 e. The number of aryl methyl sites for hydroxylation is 1. The first-order chi connectivity index (χ1) is 12.7. The molecule has 7 heteroatoms. The van der Waals surface area contributed by atoms with E-state index < -0.39 is 0 Å². The molecule has 27 heavy (non-hydrogen) atoms. The molecule has 0 aliphatic carbocycles. The number of para-hydroxylation sites is 1. The van der Waals surface area contributed by atoms with Crippen LogP contribution in [0, 0.1) is 0 Å². The van der Waals surface area contributed by atoms with Gasteiger partial charge in [0, 0.05) is 17.9 Å². The average Bonchev–Trinajstić information content (AvgIpc) is 3.06. The Hall–Kier alpha value is -2.99. The Morgan fingerprint density at radius 1 is 1.04 bits per heavy atom. The molecular weight excluding hydrogens is 366 g/mol. The van der Waals surface area contributed by atoms with Crippen LogP contribution in [0.3, 0.4) is 0 Å². The molecule has 0 bridgehead atoms. The molecule has 4 aromatic rings. The molecule has 0 aliphatic rings. The molecule has 0 radical (unpaired) electrons. The van der Waals surface area contributed by atoms with Crippen LogP contribution in [0.15, 0.2) is 46.9 Å². The van der Waals surface area contributed by atoms with Crippen molar-refractivity contribution in [1.29, 1.82) is 0 Å². The molecule has 2 aromatic heterocycles. The Labute approximate surface area is 162 Å². The molecule has 0 aliphatic heterocycles. The van der Waals surface area contributed by atoms with E-state index in [0.29, 0.717) is 17.2 Å².